The molecule has 0 aliphatic carbocycles. The molecule has 2 saturated heterocycles. The van der Waals surface area contributed by atoms with E-state index in [-0.39, 0.29) is 30.2 Å². The predicted octanol–water partition coefficient (Wildman–Crippen LogP) is 5.33. The fourth-order valence-corrected chi connectivity index (χ4v) is 5.93. The number of hydrogen-bond acceptors (Lipinski definition) is 5. The Bertz CT molecular complexity index is 999. The van der Waals surface area contributed by atoms with Gasteiger partial charge >= 0.3 is 6.03 Å². The summed E-state index contributed by atoms with van der Waals surface area (Å²) in [5, 5.41) is 0. The average Bonchev–Trinajstić information content (AvgIpc) is 3.17. The van der Waals surface area contributed by atoms with E-state index in [1.165, 1.54) is 17.0 Å². The van der Waals surface area contributed by atoms with Crippen LogP contribution in [0.15, 0.2) is 59.5 Å². The molecule has 0 N–H and O–H groups in total. The van der Waals surface area contributed by atoms with Crippen LogP contribution in [0.4, 0.5) is 14.9 Å². The molecule has 2 heterocycles. The zero-order valence-corrected chi connectivity index (χ0v) is 22.7. The van der Waals surface area contributed by atoms with Gasteiger partial charge in [-0.15, -0.1) is 24.2 Å². The maximum absolute atomic E-state index is 13.8. The fourth-order valence-electron chi connectivity index (χ4n) is 5.10. The highest BCUT2D eigenvalue weighted by Crippen LogP contribution is 2.40. The molecule has 3 amide bonds. The summed E-state index contributed by atoms with van der Waals surface area (Å²) >= 11 is 1.74. The molecule has 2 fully saturated rings. The van der Waals surface area contributed by atoms with Crippen molar-refractivity contribution in [3.05, 3.63) is 60.4 Å². The molecule has 196 valence electrons. The van der Waals surface area contributed by atoms with Crippen molar-refractivity contribution < 1.29 is 14.0 Å². The number of benzene rings is 2. The quantitative estimate of drug-likeness (QED) is 0.338. The van der Waals surface area contributed by atoms with Gasteiger partial charge in [0, 0.05) is 36.8 Å². The highest BCUT2D eigenvalue weighted by molar-refractivity contribution is 7.99. The van der Waals surface area contributed by atoms with Crippen LogP contribution < -0.4 is 4.90 Å². The lowest BCUT2D eigenvalue weighted by Crippen LogP contribution is -2.57. The number of piperidine rings is 1. The summed E-state index contributed by atoms with van der Waals surface area (Å²) in [4.78, 5) is 35.8. The van der Waals surface area contributed by atoms with Crippen molar-refractivity contribution in [3.63, 3.8) is 0 Å². The topological polar surface area (TPSA) is 47.1 Å². The number of rotatable bonds is 8. The number of imide groups is 1. The third-order valence-electron chi connectivity index (χ3n) is 7.16. The molecule has 6 nitrogen and oxygen atoms in total. The van der Waals surface area contributed by atoms with Crippen LogP contribution in [0.25, 0.3) is 0 Å². The van der Waals surface area contributed by atoms with Crippen LogP contribution in [0.1, 0.15) is 33.1 Å². The van der Waals surface area contributed by atoms with Gasteiger partial charge in [0.05, 0.1) is 0 Å². The summed E-state index contributed by atoms with van der Waals surface area (Å²) in [6, 6.07) is 16.4. The number of carbonyl (C=O) groups excluding carboxylic acids is 2. The number of para-hydroxylation sites is 1. The van der Waals surface area contributed by atoms with Crippen LogP contribution in [0.2, 0.25) is 0 Å². The molecule has 2 aromatic carbocycles. The first-order valence-corrected chi connectivity index (χ1v) is 13.5. The largest absolute Gasteiger partial charge is 0.338 e. The normalized spacial score (nSPS) is 17.4. The van der Waals surface area contributed by atoms with Gasteiger partial charge in [0.15, 0.2) is 0 Å². The van der Waals surface area contributed by atoms with Gasteiger partial charge in [-0.1, -0.05) is 18.2 Å². The van der Waals surface area contributed by atoms with E-state index in [0.717, 1.165) is 42.4 Å². The van der Waals surface area contributed by atoms with Gasteiger partial charge in [-0.05, 0) is 81.8 Å². The van der Waals surface area contributed by atoms with Gasteiger partial charge in [0.2, 0.25) is 0 Å². The molecular weight excluding hydrogens is 499 g/mol. The highest BCUT2D eigenvalue weighted by Gasteiger charge is 2.55. The van der Waals surface area contributed by atoms with E-state index < -0.39 is 5.54 Å². The molecule has 2 aliphatic rings. The second-order valence-electron chi connectivity index (χ2n) is 9.12. The Morgan fingerprint density at radius 3 is 2.28 bits per heavy atom. The molecule has 1 spiro atoms. The molecule has 0 bridgehead atoms. The second kappa shape index (κ2) is 12.8. The van der Waals surface area contributed by atoms with E-state index >= 15 is 0 Å². The van der Waals surface area contributed by atoms with E-state index in [0.29, 0.717) is 32.6 Å². The Morgan fingerprint density at radius 1 is 1.03 bits per heavy atom. The Balaban J connectivity index is 0.00000361. The highest BCUT2D eigenvalue weighted by atomic mass is 35.5. The first-order valence-electron chi connectivity index (χ1n) is 12.5. The van der Waals surface area contributed by atoms with Crippen molar-refractivity contribution in [2.45, 2.75) is 43.5 Å². The molecule has 2 aromatic rings. The van der Waals surface area contributed by atoms with Crippen LogP contribution in [0, 0.1) is 5.82 Å². The van der Waals surface area contributed by atoms with Crippen LogP contribution in [0.5, 0.6) is 0 Å². The van der Waals surface area contributed by atoms with Crippen molar-refractivity contribution in [1.29, 1.82) is 0 Å². The van der Waals surface area contributed by atoms with Crippen LogP contribution >= 0.6 is 24.2 Å². The Morgan fingerprint density at radius 2 is 1.67 bits per heavy atom. The first kappa shape index (κ1) is 28.3. The molecule has 4 rings (SSSR count). The maximum atomic E-state index is 13.8. The molecule has 9 heteroatoms. The first-order chi connectivity index (χ1) is 17.0. The fraction of sp³-hybridized carbons (Fsp3) is 0.481. The maximum Gasteiger partial charge on any atom is 0.328 e. The summed E-state index contributed by atoms with van der Waals surface area (Å²) in [7, 11) is 0. The summed E-state index contributed by atoms with van der Waals surface area (Å²) in [6.45, 7) is 7.97. The summed E-state index contributed by atoms with van der Waals surface area (Å²) < 4.78 is 13.1. The number of urea groups is 1. The lowest BCUT2D eigenvalue weighted by atomic mass is 9.85. The monoisotopic (exact) mass is 534 g/mol. The Labute approximate surface area is 224 Å². The van der Waals surface area contributed by atoms with Crippen LogP contribution in [0.3, 0.4) is 0 Å². The average molecular weight is 535 g/mol. The summed E-state index contributed by atoms with van der Waals surface area (Å²) in [5.74, 6) is 0.693. The van der Waals surface area contributed by atoms with Crippen LogP contribution in [-0.2, 0) is 4.79 Å². The lowest BCUT2D eigenvalue weighted by Gasteiger charge is -2.43. The van der Waals surface area contributed by atoms with E-state index in [9.17, 15) is 14.0 Å². The minimum atomic E-state index is -0.677. The van der Waals surface area contributed by atoms with E-state index in [4.69, 9.17) is 0 Å². The number of amides is 3. The number of hydrogen-bond donors (Lipinski definition) is 0. The Kier molecular flexibility index (Phi) is 10.0. The number of halogens is 2. The van der Waals surface area contributed by atoms with E-state index in [1.54, 1.807) is 16.7 Å². The molecule has 36 heavy (non-hydrogen) atoms. The molecule has 2 aliphatic heterocycles. The third-order valence-corrected chi connectivity index (χ3v) is 8.26. The minimum absolute atomic E-state index is 0. The molecule has 0 radical (unpaired) electrons. The zero-order chi connectivity index (χ0) is 24.8. The molecule has 0 aromatic heterocycles. The van der Waals surface area contributed by atoms with Gasteiger partial charge in [-0.2, -0.15) is 0 Å². The summed E-state index contributed by atoms with van der Waals surface area (Å²) in [5.41, 5.74) is 0.309. The number of thioether (sulfide) groups is 1. The third kappa shape index (κ3) is 5.98. The molecule has 0 atom stereocenters. The van der Waals surface area contributed by atoms with Gasteiger partial charge in [0.25, 0.3) is 5.91 Å². The van der Waals surface area contributed by atoms with Gasteiger partial charge in [-0.3, -0.25) is 4.79 Å². The van der Waals surface area contributed by atoms with Crippen LogP contribution in [-0.4, -0.2) is 77.3 Å². The van der Waals surface area contributed by atoms with E-state index in [1.807, 2.05) is 56.3 Å². The number of likely N-dealkylation sites (tertiary alicyclic amines) is 1. The zero-order valence-electron chi connectivity index (χ0n) is 21.1. The van der Waals surface area contributed by atoms with Gasteiger partial charge in [0.1, 0.15) is 18.0 Å². The molecular formula is C27H36ClFN4O2S. The second-order valence-corrected chi connectivity index (χ2v) is 10.3. The van der Waals surface area contributed by atoms with Crippen molar-refractivity contribution in [2.75, 3.05) is 50.0 Å². The standard InChI is InChI=1S/C27H35FN4O2S.ClH/c1-3-30(4-2)26(34)31-21-32(23-9-6-5-7-10-23)27(25(31)33)15-18-29(19-16-27)17-8-20-35-24-13-11-22(28)12-14-24;/h5-7,9-14H,3-4,8,15-21H2,1-2H3;1H. The van der Waals surface area contributed by atoms with Gasteiger partial charge in [-0.25, -0.2) is 14.1 Å². The van der Waals surface area contributed by atoms with E-state index in [2.05, 4.69) is 9.80 Å². The van der Waals surface area contributed by atoms with Crippen molar-refractivity contribution in [2.24, 2.45) is 0 Å². The number of carbonyl (C=O) groups is 2. The Hall–Kier alpha value is -2.29. The molecule has 0 unspecified atom stereocenters. The molecule has 0 saturated carbocycles. The predicted molar refractivity (Wildman–Crippen MR) is 146 cm³/mol. The van der Waals surface area contributed by atoms with Crippen molar-refractivity contribution in [1.82, 2.24) is 14.7 Å². The lowest BCUT2D eigenvalue weighted by molar-refractivity contribution is -0.131. The van der Waals surface area contributed by atoms with Gasteiger partial charge < -0.3 is 14.7 Å². The van der Waals surface area contributed by atoms with Crippen molar-refractivity contribution in [3.8, 4) is 0 Å². The SMILES string of the molecule is CCN(CC)C(=O)N1CN(c2ccccc2)C2(CCN(CCCSc3ccc(F)cc3)CC2)C1=O.Cl. The summed E-state index contributed by atoms with van der Waals surface area (Å²) in [6.07, 6.45) is 2.43. The minimum Gasteiger partial charge on any atom is -0.338 e. The van der Waals surface area contributed by atoms with Crippen molar-refractivity contribution >= 4 is 41.8 Å². The number of anilines is 1. The smallest absolute Gasteiger partial charge is 0.328 e. The number of nitrogens with zero attached hydrogens (tertiary/aromatic N) is 4.